The highest BCUT2D eigenvalue weighted by Gasteiger charge is 2.21. The third-order valence-electron chi connectivity index (χ3n) is 5.29. The maximum Gasteiger partial charge on any atom is 0.251 e. The van der Waals surface area contributed by atoms with Gasteiger partial charge in [-0.2, -0.15) is 0 Å². The van der Waals surface area contributed by atoms with Gasteiger partial charge in [0.25, 0.3) is 5.91 Å². The summed E-state index contributed by atoms with van der Waals surface area (Å²) >= 11 is 0. The summed E-state index contributed by atoms with van der Waals surface area (Å²) < 4.78 is 10.9. The van der Waals surface area contributed by atoms with E-state index < -0.39 is 0 Å². The monoisotopic (exact) mass is 424 g/mol. The molecule has 31 heavy (non-hydrogen) atoms. The molecule has 0 unspecified atom stereocenters. The molecule has 0 aromatic heterocycles. The van der Waals surface area contributed by atoms with Gasteiger partial charge in [-0.05, 0) is 61.2 Å². The highest BCUT2D eigenvalue weighted by Crippen LogP contribution is 2.33. The molecule has 3 rings (SSSR count). The number of guanidine groups is 1. The summed E-state index contributed by atoms with van der Waals surface area (Å²) in [5.74, 6) is 2.32. The Morgan fingerprint density at radius 2 is 1.74 bits per heavy atom. The van der Waals surface area contributed by atoms with Crippen LogP contribution in [0.15, 0.2) is 41.4 Å². The van der Waals surface area contributed by atoms with Gasteiger partial charge in [0.05, 0.1) is 20.8 Å². The van der Waals surface area contributed by atoms with E-state index in [-0.39, 0.29) is 5.91 Å². The van der Waals surface area contributed by atoms with Gasteiger partial charge in [-0.15, -0.1) is 0 Å². The molecule has 0 spiro atoms. The van der Waals surface area contributed by atoms with E-state index in [2.05, 4.69) is 34.6 Å². The first kappa shape index (κ1) is 22.5. The second-order valence-corrected chi connectivity index (χ2v) is 7.38. The smallest absolute Gasteiger partial charge is 0.251 e. The normalized spacial score (nSPS) is 13.4. The SMILES string of the molecule is CCNC(=O)c1cccc(CN=C(NCC)N2CCc3cc(OC)c(OC)cc3C2)c1. The molecule has 1 heterocycles. The second-order valence-electron chi connectivity index (χ2n) is 7.38. The predicted molar refractivity (Wildman–Crippen MR) is 123 cm³/mol. The van der Waals surface area contributed by atoms with Crippen LogP contribution in [0.5, 0.6) is 11.5 Å². The molecule has 0 saturated heterocycles. The molecular weight excluding hydrogens is 392 g/mol. The molecule has 0 radical (unpaired) electrons. The lowest BCUT2D eigenvalue weighted by atomic mass is 9.99. The van der Waals surface area contributed by atoms with Crippen molar-refractivity contribution in [2.75, 3.05) is 33.9 Å². The lowest BCUT2D eigenvalue weighted by Gasteiger charge is -2.32. The molecule has 2 aromatic carbocycles. The van der Waals surface area contributed by atoms with Crippen molar-refractivity contribution in [2.24, 2.45) is 4.99 Å². The van der Waals surface area contributed by atoms with E-state index in [1.165, 1.54) is 11.1 Å². The zero-order chi connectivity index (χ0) is 22.2. The number of hydrogen-bond acceptors (Lipinski definition) is 4. The van der Waals surface area contributed by atoms with Crippen LogP contribution in [0, 0.1) is 0 Å². The fourth-order valence-electron chi connectivity index (χ4n) is 3.73. The molecular formula is C24H32N4O3. The van der Waals surface area contributed by atoms with E-state index in [1.54, 1.807) is 14.2 Å². The Balaban J connectivity index is 1.78. The minimum atomic E-state index is -0.0581. The number of carbonyl (C=O) groups excluding carboxylic acids is 1. The number of amides is 1. The van der Waals surface area contributed by atoms with Gasteiger partial charge >= 0.3 is 0 Å². The number of fused-ring (bicyclic) bond motifs is 1. The highest BCUT2D eigenvalue weighted by molar-refractivity contribution is 5.94. The summed E-state index contributed by atoms with van der Waals surface area (Å²) in [6, 6.07) is 11.8. The quantitative estimate of drug-likeness (QED) is 0.528. The van der Waals surface area contributed by atoms with Crippen molar-refractivity contribution in [3.05, 3.63) is 58.7 Å². The average Bonchev–Trinajstić information content (AvgIpc) is 2.80. The van der Waals surface area contributed by atoms with Crippen LogP contribution >= 0.6 is 0 Å². The fraction of sp³-hybridized carbons (Fsp3) is 0.417. The molecule has 7 heteroatoms. The first-order valence-corrected chi connectivity index (χ1v) is 10.7. The first-order chi connectivity index (χ1) is 15.1. The topological polar surface area (TPSA) is 75.2 Å². The lowest BCUT2D eigenvalue weighted by molar-refractivity contribution is 0.0955. The lowest BCUT2D eigenvalue weighted by Crippen LogP contribution is -2.44. The fourth-order valence-corrected chi connectivity index (χ4v) is 3.73. The van der Waals surface area contributed by atoms with Crippen LogP contribution in [0.1, 0.15) is 40.9 Å². The molecule has 1 aliphatic heterocycles. The average molecular weight is 425 g/mol. The van der Waals surface area contributed by atoms with E-state index in [1.807, 2.05) is 31.2 Å². The third-order valence-corrected chi connectivity index (χ3v) is 5.29. The number of benzene rings is 2. The minimum Gasteiger partial charge on any atom is -0.493 e. The van der Waals surface area contributed by atoms with E-state index in [4.69, 9.17) is 14.5 Å². The van der Waals surface area contributed by atoms with E-state index in [0.717, 1.165) is 49.1 Å². The number of rotatable bonds is 7. The summed E-state index contributed by atoms with van der Waals surface area (Å²) in [7, 11) is 3.32. The molecule has 1 amide bonds. The molecule has 0 saturated carbocycles. The zero-order valence-corrected chi connectivity index (χ0v) is 18.8. The molecule has 7 nitrogen and oxygen atoms in total. The van der Waals surface area contributed by atoms with Gasteiger partial charge in [0.15, 0.2) is 17.5 Å². The maximum atomic E-state index is 12.1. The largest absolute Gasteiger partial charge is 0.493 e. The Labute approximate surface area is 184 Å². The molecule has 2 aromatic rings. The van der Waals surface area contributed by atoms with Gasteiger partial charge in [-0.1, -0.05) is 12.1 Å². The standard InChI is InChI=1S/C24H32N4O3/c1-5-25-23(29)19-9-7-8-17(12-19)15-27-24(26-6-2)28-11-10-18-13-21(30-3)22(31-4)14-20(18)16-28/h7-9,12-14H,5-6,10-11,15-16H2,1-4H3,(H,25,29)(H,26,27). The van der Waals surface area contributed by atoms with Crippen LogP contribution in [-0.4, -0.2) is 50.6 Å². The van der Waals surface area contributed by atoms with Crippen molar-refractivity contribution in [2.45, 2.75) is 33.4 Å². The van der Waals surface area contributed by atoms with Crippen molar-refractivity contribution >= 4 is 11.9 Å². The third kappa shape index (κ3) is 5.48. The number of methoxy groups -OCH3 is 2. The Morgan fingerprint density at radius 1 is 1.03 bits per heavy atom. The van der Waals surface area contributed by atoms with Gasteiger partial charge in [-0.3, -0.25) is 4.79 Å². The van der Waals surface area contributed by atoms with Gasteiger partial charge in [0.1, 0.15) is 0 Å². The Morgan fingerprint density at radius 3 is 2.42 bits per heavy atom. The van der Waals surface area contributed by atoms with Gasteiger partial charge in [0.2, 0.25) is 0 Å². The van der Waals surface area contributed by atoms with Crippen molar-refractivity contribution < 1.29 is 14.3 Å². The molecule has 166 valence electrons. The summed E-state index contributed by atoms with van der Waals surface area (Å²) in [4.78, 5) is 19.2. The Bertz CT molecular complexity index is 942. The first-order valence-electron chi connectivity index (χ1n) is 10.7. The van der Waals surface area contributed by atoms with Crippen molar-refractivity contribution in [3.8, 4) is 11.5 Å². The van der Waals surface area contributed by atoms with E-state index in [9.17, 15) is 4.79 Å². The molecule has 2 N–H and O–H groups in total. The zero-order valence-electron chi connectivity index (χ0n) is 18.8. The summed E-state index contributed by atoms with van der Waals surface area (Å²) in [6.45, 7) is 7.50. The number of hydrogen-bond donors (Lipinski definition) is 2. The van der Waals surface area contributed by atoms with Crippen molar-refractivity contribution in [3.63, 3.8) is 0 Å². The van der Waals surface area contributed by atoms with Crippen LogP contribution in [-0.2, 0) is 19.5 Å². The number of aliphatic imine (C=N–C) groups is 1. The van der Waals surface area contributed by atoms with Crippen molar-refractivity contribution in [1.29, 1.82) is 0 Å². The minimum absolute atomic E-state index is 0.0581. The van der Waals surface area contributed by atoms with Crippen LogP contribution < -0.4 is 20.1 Å². The Kier molecular flexibility index (Phi) is 7.76. The van der Waals surface area contributed by atoms with Crippen LogP contribution in [0.2, 0.25) is 0 Å². The number of ether oxygens (including phenoxy) is 2. The molecule has 0 fully saturated rings. The van der Waals surface area contributed by atoms with Crippen molar-refractivity contribution in [1.82, 2.24) is 15.5 Å². The van der Waals surface area contributed by atoms with Crippen LogP contribution in [0.25, 0.3) is 0 Å². The highest BCUT2D eigenvalue weighted by atomic mass is 16.5. The van der Waals surface area contributed by atoms with Gasteiger partial charge < -0.3 is 25.0 Å². The summed E-state index contributed by atoms with van der Waals surface area (Å²) in [6.07, 6.45) is 0.910. The van der Waals surface area contributed by atoms with Gasteiger partial charge in [0, 0.05) is 31.7 Å². The van der Waals surface area contributed by atoms with E-state index in [0.29, 0.717) is 18.7 Å². The molecule has 0 bridgehead atoms. The maximum absolute atomic E-state index is 12.1. The number of nitrogens with one attached hydrogen (secondary N) is 2. The van der Waals surface area contributed by atoms with E-state index >= 15 is 0 Å². The van der Waals surface area contributed by atoms with Crippen LogP contribution in [0.3, 0.4) is 0 Å². The Hall–Kier alpha value is -3.22. The number of carbonyl (C=O) groups is 1. The molecule has 1 aliphatic rings. The predicted octanol–water partition coefficient (Wildman–Crippen LogP) is 2.98. The van der Waals surface area contributed by atoms with Crippen LogP contribution in [0.4, 0.5) is 0 Å². The number of nitrogens with zero attached hydrogens (tertiary/aromatic N) is 2. The summed E-state index contributed by atoms with van der Waals surface area (Å²) in [5, 5.41) is 6.24. The summed E-state index contributed by atoms with van der Waals surface area (Å²) in [5.41, 5.74) is 4.16. The second kappa shape index (κ2) is 10.7. The molecule has 0 atom stereocenters. The molecule has 0 aliphatic carbocycles. The van der Waals surface area contributed by atoms with Gasteiger partial charge in [-0.25, -0.2) is 4.99 Å².